The lowest BCUT2D eigenvalue weighted by Gasteiger charge is -2.08. The van der Waals surface area contributed by atoms with Gasteiger partial charge in [0.2, 0.25) is 0 Å². The number of halogens is 1. The summed E-state index contributed by atoms with van der Waals surface area (Å²) in [5.74, 6) is 0.773. The van der Waals surface area contributed by atoms with E-state index < -0.39 is 0 Å². The van der Waals surface area contributed by atoms with E-state index in [4.69, 9.17) is 21.8 Å². The molecule has 4 nitrogen and oxygen atoms in total. The minimum Gasteiger partial charge on any atom is -0.459 e. The Hall–Kier alpha value is -1.78. The van der Waals surface area contributed by atoms with Gasteiger partial charge in [0.15, 0.2) is 0 Å². The molecule has 0 amide bonds. The van der Waals surface area contributed by atoms with Gasteiger partial charge in [-0.25, -0.2) is 0 Å². The first-order chi connectivity index (χ1) is 9.95. The van der Waals surface area contributed by atoms with Crippen LogP contribution in [0.2, 0.25) is 5.15 Å². The number of nitrogens with two attached hydrogens (primary N) is 1. The lowest BCUT2D eigenvalue weighted by molar-refractivity contribution is 0.493. The second kappa shape index (κ2) is 5.20. The summed E-state index contributed by atoms with van der Waals surface area (Å²) < 4.78 is 7.52. The third-order valence-corrected chi connectivity index (χ3v) is 4.22. The Labute approximate surface area is 128 Å². The number of aromatic nitrogens is 2. The molecule has 0 aliphatic heterocycles. The van der Waals surface area contributed by atoms with E-state index in [1.54, 1.807) is 4.68 Å². The molecular formula is C16H18ClN3O. The highest BCUT2D eigenvalue weighted by atomic mass is 35.5. The van der Waals surface area contributed by atoms with Crippen molar-refractivity contribution in [1.82, 2.24) is 9.78 Å². The van der Waals surface area contributed by atoms with Gasteiger partial charge in [-0.05, 0) is 38.5 Å². The standard InChI is InChI=1S/C16H18ClN3O/c1-9-4-5-14-11(6-9)7-15(21-14)13(18)8-12-10(2)19-20(3)16(12)17/h4-7,13H,8,18H2,1-3H3. The summed E-state index contributed by atoms with van der Waals surface area (Å²) >= 11 is 6.26. The molecule has 2 aromatic heterocycles. The second-order valence-corrected chi connectivity index (χ2v) is 5.84. The molecule has 0 bridgehead atoms. The molecule has 0 aliphatic carbocycles. The highest BCUT2D eigenvalue weighted by Gasteiger charge is 2.18. The zero-order chi connectivity index (χ0) is 15.1. The summed E-state index contributed by atoms with van der Waals surface area (Å²) in [6.45, 7) is 4.00. The number of nitrogens with zero attached hydrogens (tertiary/aromatic N) is 2. The fourth-order valence-electron chi connectivity index (χ4n) is 2.59. The maximum absolute atomic E-state index is 6.29. The molecule has 5 heteroatoms. The molecule has 1 aromatic carbocycles. The topological polar surface area (TPSA) is 57.0 Å². The zero-order valence-electron chi connectivity index (χ0n) is 12.4. The van der Waals surface area contributed by atoms with E-state index in [0.717, 1.165) is 28.0 Å². The number of rotatable bonds is 3. The number of hydrogen-bond acceptors (Lipinski definition) is 3. The van der Waals surface area contributed by atoms with Crippen molar-refractivity contribution in [2.24, 2.45) is 12.8 Å². The quantitative estimate of drug-likeness (QED) is 0.803. The van der Waals surface area contributed by atoms with Crippen LogP contribution in [0.3, 0.4) is 0 Å². The van der Waals surface area contributed by atoms with E-state index in [0.29, 0.717) is 11.6 Å². The van der Waals surface area contributed by atoms with Crippen molar-refractivity contribution in [3.8, 4) is 0 Å². The lowest BCUT2D eigenvalue weighted by atomic mass is 10.1. The Bertz CT molecular complexity index is 803. The van der Waals surface area contributed by atoms with Crippen LogP contribution in [-0.2, 0) is 13.5 Å². The Morgan fingerprint density at radius 3 is 2.76 bits per heavy atom. The molecule has 0 spiro atoms. The monoisotopic (exact) mass is 303 g/mol. The van der Waals surface area contributed by atoms with E-state index >= 15 is 0 Å². The first-order valence-electron chi connectivity index (χ1n) is 6.89. The Kier molecular flexibility index (Phi) is 3.51. The molecule has 21 heavy (non-hydrogen) atoms. The Morgan fingerprint density at radius 2 is 2.10 bits per heavy atom. The molecular weight excluding hydrogens is 286 g/mol. The fraction of sp³-hybridized carbons (Fsp3) is 0.312. The van der Waals surface area contributed by atoms with Crippen molar-refractivity contribution in [1.29, 1.82) is 0 Å². The van der Waals surface area contributed by atoms with Gasteiger partial charge in [-0.15, -0.1) is 0 Å². The van der Waals surface area contributed by atoms with Gasteiger partial charge in [-0.2, -0.15) is 5.10 Å². The predicted molar refractivity (Wildman–Crippen MR) is 84.5 cm³/mol. The van der Waals surface area contributed by atoms with Crippen molar-refractivity contribution in [2.45, 2.75) is 26.3 Å². The van der Waals surface area contributed by atoms with Gasteiger partial charge in [0.25, 0.3) is 0 Å². The van der Waals surface area contributed by atoms with Crippen molar-refractivity contribution >= 4 is 22.6 Å². The van der Waals surface area contributed by atoms with Crippen LogP contribution in [0.25, 0.3) is 11.0 Å². The molecule has 110 valence electrons. The van der Waals surface area contributed by atoms with E-state index in [-0.39, 0.29) is 6.04 Å². The highest BCUT2D eigenvalue weighted by molar-refractivity contribution is 6.30. The van der Waals surface area contributed by atoms with Crippen LogP contribution >= 0.6 is 11.6 Å². The summed E-state index contributed by atoms with van der Waals surface area (Å²) in [7, 11) is 1.83. The first kappa shape index (κ1) is 14.2. The number of hydrogen-bond donors (Lipinski definition) is 1. The smallest absolute Gasteiger partial charge is 0.134 e. The maximum Gasteiger partial charge on any atom is 0.134 e. The first-order valence-corrected chi connectivity index (χ1v) is 7.27. The lowest BCUT2D eigenvalue weighted by Crippen LogP contribution is -2.13. The van der Waals surface area contributed by atoms with Crippen molar-refractivity contribution < 1.29 is 4.42 Å². The molecule has 0 saturated heterocycles. The molecule has 3 aromatic rings. The van der Waals surface area contributed by atoms with Gasteiger partial charge >= 0.3 is 0 Å². The summed E-state index contributed by atoms with van der Waals surface area (Å²) in [6.07, 6.45) is 0.608. The average molecular weight is 304 g/mol. The van der Waals surface area contributed by atoms with Crippen LogP contribution in [-0.4, -0.2) is 9.78 Å². The third kappa shape index (κ3) is 2.57. The molecule has 2 heterocycles. The molecule has 0 aliphatic rings. The highest BCUT2D eigenvalue weighted by Crippen LogP contribution is 2.28. The molecule has 0 fully saturated rings. The third-order valence-electron chi connectivity index (χ3n) is 3.75. The molecule has 0 radical (unpaired) electrons. The number of benzene rings is 1. The van der Waals surface area contributed by atoms with E-state index in [1.807, 2.05) is 32.2 Å². The summed E-state index contributed by atoms with van der Waals surface area (Å²) in [5.41, 5.74) is 10.2. The second-order valence-electron chi connectivity index (χ2n) is 5.48. The Balaban J connectivity index is 1.91. The minimum absolute atomic E-state index is 0.238. The van der Waals surface area contributed by atoms with Crippen LogP contribution < -0.4 is 5.73 Å². The van der Waals surface area contributed by atoms with Gasteiger partial charge in [0.1, 0.15) is 16.5 Å². The van der Waals surface area contributed by atoms with Crippen LogP contribution in [0.15, 0.2) is 28.7 Å². The predicted octanol–water partition coefficient (Wildman–Crippen LogP) is 3.68. The molecule has 3 rings (SSSR count). The van der Waals surface area contributed by atoms with Crippen molar-refractivity contribution in [3.05, 3.63) is 52.0 Å². The molecule has 1 unspecified atom stereocenters. The number of aryl methyl sites for hydroxylation is 3. The van der Waals surface area contributed by atoms with Gasteiger partial charge in [-0.1, -0.05) is 23.2 Å². The van der Waals surface area contributed by atoms with Gasteiger partial charge in [0, 0.05) is 18.0 Å². The number of furan rings is 1. The van der Waals surface area contributed by atoms with E-state index in [2.05, 4.69) is 18.1 Å². The Morgan fingerprint density at radius 1 is 1.33 bits per heavy atom. The van der Waals surface area contributed by atoms with Crippen molar-refractivity contribution in [3.63, 3.8) is 0 Å². The van der Waals surface area contributed by atoms with Crippen LogP contribution in [0.4, 0.5) is 0 Å². The molecule has 0 saturated carbocycles. The van der Waals surface area contributed by atoms with E-state index in [1.165, 1.54) is 5.56 Å². The normalized spacial score (nSPS) is 13.0. The average Bonchev–Trinajstić information content (AvgIpc) is 2.95. The van der Waals surface area contributed by atoms with Crippen molar-refractivity contribution in [2.75, 3.05) is 0 Å². The molecule has 1 atom stereocenters. The SMILES string of the molecule is Cc1ccc2oc(C(N)Cc3c(C)nn(C)c3Cl)cc2c1. The summed E-state index contributed by atoms with van der Waals surface area (Å²) in [6, 6.07) is 7.87. The van der Waals surface area contributed by atoms with Crippen LogP contribution in [0.1, 0.15) is 28.6 Å². The van der Waals surface area contributed by atoms with Gasteiger partial charge < -0.3 is 10.2 Å². The minimum atomic E-state index is -0.238. The van der Waals surface area contributed by atoms with Crippen LogP contribution in [0.5, 0.6) is 0 Å². The molecule has 2 N–H and O–H groups in total. The summed E-state index contributed by atoms with van der Waals surface area (Å²) in [5, 5.41) is 6.02. The maximum atomic E-state index is 6.29. The zero-order valence-corrected chi connectivity index (χ0v) is 13.1. The van der Waals surface area contributed by atoms with E-state index in [9.17, 15) is 0 Å². The number of fused-ring (bicyclic) bond motifs is 1. The largest absolute Gasteiger partial charge is 0.459 e. The van der Waals surface area contributed by atoms with Gasteiger partial charge in [-0.3, -0.25) is 4.68 Å². The summed E-state index contributed by atoms with van der Waals surface area (Å²) in [4.78, 5) is 0. The van der Waals surface area contributed by atoms with Gasteiger partial charge in [0.05, 0.1) is 11.7 Å². The fourth-order valence-corrected chi connectivity index (χ4v) is 2.84. The van der Waals surface area contributed by atoms with Crippen LogP contribution in [0, 0.1) is 13.8 Å².